The molecule has 1 fully saturated rings. The maximum absolute atomic E-state index is 11.7. The zero-order chi connectivity index (χ0) is 11.9. The van der Waals surface area contributed by atoms with E-state index < -0.39 is 0 Å². The molecule has 0 radical (unpaired) electrons. The summed E-state index contributed by atoms with van der Waals surface area (Å²) in [6, 6.07) is 4.00. The van der Waals surface area contributed by atoms with Gasteiger partial charge in [0.1, 0.15) is 0 Å². The van der Waals surface area contributed by atoms with E-state index in [1.165, 1.54) is 0 Å². The molecular weight excluding hydrogens is 216 g/mol. The van der Waals surface area contributed by atoms with Gasteiger partial charge in [0.05, 0.1) is 6.54 Å². The highest BCUT2D eigenvalue weighted by molar-refractivity contribution is 5.78. The van der Waals surface area contributed by atoms with Gasteiger partial charge in [-0.15, -0.1) is 0 Å². The second-order valence-corrected chi connectivity index (χ2v) is 4.32. The van der Waals surface area contributed by atoms with Crippen LogP contribution in [-0.4, -0.2) is 55.1 Å². The van der Waals surface area contributed by atoms with E-state index in [4.69, 9.17) is 0 Å². The van der Waals surface area contributed by atoms with Gasteiger partial charge < -0.3 is 15.6 Å². The number of nitrogens with zero attached hydrogens (tertiary/aromatic N) is 1. The number of amides is 1. The topological polar surface area (TPSA) is 60.2 Å². The van der Waals surface area contributed by atoms with Crippen LogP contribution in [0.5, 0.6) is 0 Å². The summed E-state index contributed by atoms with van der Waals surface area (Å²) in [5.41, 5.74) is 1.16. The molecule has 5 heteroatoms. The van der Waals surface area contributed by atoms with Crippen LogP contribution < -0.4 is 10.6 Å². The number of hydrogen-bond acceptors (Lipinski definition) is 3. The van der Waals surface area contributed by atoms with E-state index in [1.54, 1.807) is 0 Å². The Balaban J connectivity index is 1.60. The normalized spacial score (nSPS) is 16.9. The molecule has 17 heavy (non-hydrogen) atoms. The van der Waals surface area contributed by atoms with Gasteiger partial charge in [-0.2, -0.15) is 0 Å². The average molecular weight is 236 g/mol. The first-order valence-corrected chi connectivity index (χ1v) is 6.16. The lowest BCUT2D eigenvalue weighted by molar-refractivity contribution is -0.122. The van der Waals surface area contributed by atoms with Gasteiger partial charge in [0, 0.05) is 51.0 Å². The maximum Gasteiger partial charge on any atom is 0.234 e. The molecule has 0 aliphatic carbocycles. The van der Waals surface area contributed by atoms with Crippen molar-refractivity contribution in [3.05, 3.63) is 24.0 Å². The van der Waals surface area contributed by atoms with Gasteiger partial charge in [-0.05, 0) is 12.1 Å². The van der Waals surface area contributed by atoms with Crippen LogP contribution in [0, 0.1) is 0 Å². The Morgan fingerprint density at radius 1 is 1.41 bits per heavy atom. The van der Waals surface area contributed by atoms with Gasteiger partial charge in [0.2, 0.25) is 5.91 Å². The largest absolute Gasteiger partial charge is 0.365 e. The van der Waals surface area contributed by atoms with Crippen LogP contribution in [0.4, 0.5) is 0 Å². The summed E-state index contributed by atoms with van der Waals surface area (Å²) in [6.07, 6.45) is 2.76. The predicted molar refractivity (Wildman–Crippen MR) is 66.8 cm³/mol. The van der Waals surface area contributed by atoms with Crippen LogP contribution in [0.2, 0.25) is 0 Å². The number of rotatable bonds is 5. The van der Waals surface area contributed by atoms with Crippen LogP contribution in [0.25, 0.3) is 0 Å². The summed E-state index contributed by atoms with van der Waals surface area (Å²) in [5, 5.41) is 6.22. The van der Waals surface area contributed by atoms with Crippen LogP contribution in [-0.2, 0) is 11.2 Å². The molecule has 1 aromatic rings. The molecule has 1 aliphatic rings. The first-order valence-electron chi connectivity index (χ1n) is 6.16. The molecular formula is C12H20N4O. The van der Waals surface area contributed by atoms with Crippen molar-refractivity contribution in [3.63, 3.8) is 0 Å². The van der Waals surface area contributed by atoms with Gasteiger partial charge in [-0.3, -0.25) is 9.69 Å². The average Bonchev–Trinajstić information content (AvgIpc) is 2.83. The van der Waals surface area contributed by atoms with Gasteiger partial charge >= 0.3 is 0 Å². The molecule has 2 rings (SSSR count). The fraction of sp³-hybridized carbons (Fsp3) is 0.583. The Hall–Kier alpha value is -1.33. The van der Waals surface area contributed by atoms with E-state index in [0.717, 1.165) is 38.3 Å². The van der Waals surface area contributed by atoms with Crippen LogP contribution >= 0.6 is 0 Å². The van der Waals surface area contributed by atoms with E-state index in [9.17, 15) is 4.79 Å². The third-order valence-corrected chi connectivity index (χ3v) is 2.96. The molecule has 1 aromatic heterocycles. The van der Waals surface area contributed by atoms with Gasteiger partial charge in [0.25, 0.3) is 0 Å². The Morgan fingerprint density at radius 3 is 2.94 bits per heavy atom. The number of nitrogens with one attached hydrogen (secondary N) is 3. The number of carbonyl (C=O) groups is 1. The van der Waals surface area contributed by atoms with Crippen molar-refractivity contribution >= 4 is 5.91 Å². The summed E-state index contributed by atoms with van der Waals surface area (Å²) in [5.74, 6) is 0.124. The second kappa shape index (κ2) is 6.42. The van der Waals surface area contributed by atoms with Crippen LogP contribution in [0.15, 0.2) is 18.3 Å². The molecule has 0 atom stereocenters. The summed E-state index contributed by atoms with van der Waals surface area (Å²) >= 11 is 0. The lowest BCUT2D eigenvalue weighted by Crippen LogP contribution is -2.47. The third-order valence-electron chi connectivity index (χ3n) is 2.96. The number of H-pyrrole nitrogens is 1. The molecule has 1 saturated heterocycles. The van der Waals surface area contributed by atoms with E-state index in [0.29, 0.717) is 13.1 Å². The molecule has 0 unspecified atom stereocenters. The molecule has 94 valence electrons. The van der Waals surface area contributed by atoms with Crippen molar-refractivity contribution in [3.8, 4) is 0 Å². The minimum Gasteiger partial charge on any atom is -0.365 e. The molecule has 5 nitrogen and oxygen atoms in total. The first kappa shape index (κ1) is 12.1. The monoisotopic (exact) mass is 236 g/mol. The number of piperazine rings is 1. The fourth-order valence-electron chi connectivity index (χ4n) is 1.99. The van der Waals surface area contributed by atoms with Crippen molar-refractivity contribution in [2.45, 2.75) is 6.42 Å². The Bertz CT molecular complexity index is 330. The number of aromatic nitrogens is 1. The van der Waals surface area contributed by atoms with E-state index in [-0.39, 0.29) is 5.91 Å². The summed E-state index contributed by atoms with van der Waals surface area (Å²) in [4.78, 5) is 17.0. The third kappa shape index (κ3) is 4.20. The Kier molecular flexibility index (Phi) is 4.58. The number of carbonyl (C=O) groups excluding carboxylic acids is 1. The van der Waals surface area contributed by atoms with E-state index in [1.807, 2.05) is 18.3 Å². The molecule has 3 N–H and O–H groups in total. The van der Waals surface area contributed by atoms with E-state index >= 15 is 0 Å². The quantitative estimate of drug-likeness (QED) is 0.651. The highest BCUT2D eigenvalue weighted by atomic mass is 16.2. The number of hydrogen-bond donors (Lipinski definition) is 3. The Labute approximate surface area is 102 Å². The van der Waals surface area contributed by atoms with Crippen LogP contribution in [0.3, 0.4) is 0 Å². The van der Waals surface area contributed by atoms with Gasteiger partial charge in [-0.25, -0.2) is 0 Å². The molecule has 2 heterocycles. The minimum atomic E-state index is 0.124. The summed E-state index contributed by atoms with van der Waals surface area (Å²) in [7, 11) is 0. The first-order chi connectivity index (χ1) is 8.34. The summed E-state index contributed by atoms with van der Waals surface area (Å²) in [6.45, 7) is 5.11. The predicted octanol–water partition coefficient (Wildman–Crippen LogP) is -0.421. The zero-order valence-electron chi connectivity index (χ0n) is 10.0. The molecule has 0 aromatic carbocycles. The SMILES string of the molecule is O=C(CN1CCNCC1)NCCc1ccc[nH]1. The molecule has 0 bridgehead atoms. The smallest absolute Gasteiger partial charge is 0.234 e. The lowest BCUT2D eigenvalue weighted by Gasteiger charge is -2.26. The molecule has 0 spiro atoms. The van der Waals surface area contributed by atoms with Gasteiger partial charge in [0.15, 0.2) is 0 Å². The molecule has 1 aliphatic heterocycles. The van der Waals surface area contributed by atoms with Crippen molar-refractivity contribution in [2.75, 3.05) is 39.3 Å². The maximum atomic E-state index is 11.7. The minimum absolute atomic E-state index is 0.124. The van der Waals surface area contributed by atoms with Crippen molar-refractivity contribution in [1.82, 2.24) is 20.5 Å². The highest BCUT2D eigenvalue weighted by Crippen LogP contribution is 1.94. The second-order valence-electron chi connectivity index (χ2n) is 4.32. The van der Waals surface area contributed by atoms with Gasteiger partial charge in [-0.1, -0.05) is 0 Å². The zero-order valence-corrected chi connectivity index (χ0v) is 10.0. The standard InChI is InChI=1S/C12H20N4O/c17-12(10-16-8-6-13-7-9-16)15-5-3-11-2-1-4-14-11/h1-2,4,13-14H,3,5-10H2,(H,15,17). The number of aromatic amines is 1. The molecule has 1 amide bonds. The van der Waals surface area contributed by atoms with Crippen molar-refractivity contribution in [1.29, 1.82) is 0 Å². The highest BCUT2D eigenvalue weighted by Gasteiger charge is 2.12. The van der Waals surface area contributed by atoms with E-state index in [2.05, 4.69) is 20.5 Å². The molecule has 0 saturated carbocycles. The lowest BCUT2D eigenvalue weighted by atomic mass is 10.3. The Morgan fingerprint density at radius 2 is 2.24 bits per heavy atom. The van der Waals surface area contributed by atoms with Crippen molar-refractivity contribution in [2.24, 2.45) is 0 Å². The fourth-order valence-corrected chi connectivity index (χ4v) is 1.99. The van der Waals surface area contributed by atoms with Crippen molar-refractivity contribution < 1.29 is 4.79 Å². The summed E-state index contributed by atoms with van der Waals surface area (Å²) < 4.78 is 0. The van der Waals surface area contributed by atoms with Crippen LogP contribution in [0.1, 0.15) is 5.69 Å².